The molecule has 26 heavy (non-hydrogen) atoms. The lowest BCUT2D eigenvalue weighted by Gasteiger charge is -2.34. The van der Waals surface area contributed by atoms with Crippen molar-refractivity contribution < 1.29 is 23.6 Å². The summed E-state index contributed by atoms with van der Waals surface area (Å²) < 4.78 is 2.82. The molecule has 2 amide bonds. The average molecular weight is 480 g/mol. The molecule has 0 radical (unpaired) electrons. The number of hydroxylamine groups is 2. The van der Waals surface area contributed by atoms with Gasteiger partial charge in [0.25, 0.3) is 11.8 Å². The van der Waals surface area contributed by atoms with Gasteiger partial charge in [0.05, 0.1) is 28.2 Å². The first kappa shape index (κ1) is 18.7. The van der Waals surface area contributed by atoms with Gasteiger partial charge in [-0.3, -0.25) is 9.59 Å². The molecule has 2 aliphatic carbocycles. The monoisotopic (exact) mass is 477 g/mol. The number of carbonyl (C=O) groups excluding carboxylic acids is 3. The molecule has 0 N–H and O–H groups in total. The quantitative estimate of drug-likeness (QED) is 0.476. The number of imide groups is 1. The van der Waals surface area contributed by atoms with E-state index >= 15 is 0 Å². The number of hydrogen-bond donors (Lipinski definition) is 0. The van der Waals surface area contributed by atoms with Gasteiger partial charge in [0.1, 0.15) is 9.75 Å². The lowest BCUT2D eigenvalue weighted by Crippen LogP contribution is -2.50. The Kier molecular flexibility index (Phi) is 3.93. The maximum atomic E-state index is 12.8. The summed E-state index contributed by atoms with van der Waals surface area (Å²) in [5.74, 6) is -5.96. The first-order chi connectivity index (χ1) is 12.0. The average Bonchev–Trinajstić information content (AvgIpc) is 3.25. The molecule has 1 aromatic rings. The third kappa shape index (κ3) is 1.81. The van der Waals surface area contributed by atoms with Crippen LogP contribution in [0.2, 0.25) is 0 Å². The molecular formula is C14H5Cl6NO5. The lowest BCUT2D eigenvalue weighted by atomic mass is 9.84. The summed E-state index contributed by atoms with van der Waals surface area (Å²) in [6, 6.07) is 2.72. The molecule has 138 valence electrons. The van der Waals surface area contributed by atoms with Crippen molar-refractivity contribution >= 4 is 87.4 Å². The molecule has 0 aromatic carbocycles. The zero-order valence-corrected chi connectivity index (χ0v) is 16.7. The second-order valence-electron chi connectivity index (χ2n) is 5.91. The summed E-state index contributed by atoms with van der Waals surface area (Å²) in [6.45, 7) is 0. The van der Waals surface area contributed by atoms with E-state index in [0.29, 0.717) is 0 Å². The lowest BCUT2D eigenvalue weighted by molar-refractivity contribution is -0.175. The number of alkyl halides is 4. The number of hydrogen-bond acceptors (Lipinski definition) is 5. The standard InChI is InChI=1S/C14H5Cl6NO5/c15-7-8(16)13(18)6-5(12(7,17)14(13,19)20)9(22)21(10(6)23)26-11(24)4-2-1-3-25-4/h1-3,5-6H/t5-,6-,12-,13-/m1/s1. The predicted octanol–water partition coefficient (Wildman–Crippen LogP) is 3.80. The molecule has 6 nitrogen and oxygen atoms in total. The third-order valence-corrected chi connectivity index (χ3v) is 9.02. The second-order valence-corrected chi connectivity index (χ2v) is 9.18. The van der Waals surface area contributed by atoms with Gasteiger partial charge in [-0.15, -0.1) is 28.3 Å². The molecule has 12 heteroatoms. The van der Waals surface area contributed by atoms with Gasteiger partial charge in [0, 0.05) is 0 Å². The van der Waals surface area contributed by atoms with E-state index in [0.717, 1.165) is 0 Å². The highest BCUT2D eigenvalue weighted by molar-refractivity contribution is 6.66. The number of nitrogens with zero attached hydrogens (tertiary/aromatic N) is 1. The van der Waals surface area contributed by atoms with Crippen LogP contribution in [-0.2, 0) is 14.4 Å². The molecule has 0 unspecified atom stereocenters. The largest absolute Gasteiger partial charge is 0.457 e. The van der Waals surface area contributed by atoms with Crippen LogP contribution in [0.15, 0.2) is 32.9 Å². The fourth-order valence-corrected chi connectivity index (χ4v) is 6.51. The summed E-state index contributed by atoms with van der Waals surface area (Å²) >= 11 is 37.9. The van der Waals surface area contributed by atoms with Crippen LogP contribution in [0, 0.1) is 11.8 Å². The van der Waals surface area contributed by atoms with E-state index in [1.165, 1.54) is 18.4 Å². The van der Waals surface area contributed by atoms with Crippen molar-refractivity contribution in [3.63, 3.8) is 0 Å². The number of rotatable bonds is 2. The number of fused-ring (bicyclic) bond motifs is 5. The van der Waals surface area contributed by atoms with E-state index in [2.05, 4.69) is 0 Å². The second kappa shape index (κ2) is 5.46. The minimum atomic E-state index is -2.05. The highest BCUT2D eigenvalue weighted by atomic mass is 35.5. The Labute approximate surface area is 175 Å². The number of carbonyl (C=O) groups is 3. The Bertz CT molecular complexity index is 852. The van der Waals surface area contributed by atoms with Crippen molar-refractivity contribution in [3.05, 3.63) is 34.2 Å². The summed E-state index contributed by atoms with van der Waals surface area (Å²) in [5, 5.41) is -0.207. The SMILES string of the molecule is O=C(ON1C(=O)[C@H]2[C@H](C1=O)[C@@]1(Cl)C(Cl)=C(Cl)[C@@]2(Cl)C1(Cl)Cl)c1ccco1. The molecule has 1 aliphatic heterocycles. The Morgan fingerprint density at radius 1 is 1.04 bits per heavy atom. The van der Waals surface area contributed by atoms with E-state index in [1.54, 1.807) is 0 Å². The summed E-state index contributed by atoms with van der Waals surface area (Å²) in [4.78, 5) is 38.6. The van der Waals surface area contributed by atoms with Crippen LogP contribution in [0.5, 0.6) is 0 Å². The smallest absolute Gasteiger partial charge is 0.398 e. The maximum absolute atomic E-state index is 12.8. The van der Waals surface area contributed by atoms with Gasteiger partial charge in [-0.2, -0.15) is 0 Å². The highest BCUT2D eigenvalue weighted by Gasteiger charge is 2.88. The van der Waals surface area contributed by atoms with Crippen LogP contribution in [0.25, 0.3) is 0 Å². The first-order valence-corrected chi connectivity index (χ1v) is 9.23. The Morgan fingerprint density at radius 2 is 1.54 bits per heavy atom. The van der Waals surface area contributed by atoms with Crippen LogP contribution >= 0.6 is 69.6 Å². The third-order valence-electron chi connectivity index (χ3n) is 4.76. The maximum Gasteiger partial charge on any atom is 0.398 e. The van der Waals surface area contributed by atoms with Gasteiger partial charge < -0.3 is 9.25 Å². The fraction of sp³-hybridized carbons (Fsp3) is 0.357. The molecule has 2 heterocycles. The predicted molar refractivity (Wildman–Crippen MR) is 93.3 cm³/mol. The molecule has 4 rings (SSSR count). The molecule has 2 bridgehead atoms. The summed E-state index contributed by atoms with van der Waals surface area (Å²) in [6.07, 6.45) is 1.22. The molecule has 1 saturated heterocycles. The van der Waals surface area contributed by atoms with Gasteiger partial charge in [-0.25, -0.2) is 4.79 Å². The Hall–Kier alpha value is -0.630. The summed E-state index contributed by atoms with van der Waals surface area (Å²) in [5.41, 5.74) is 0. The zero-order valence-electron chi connectivity index (χ0n) is 12.1. The van der Waals surface area contributed by atoms with Crippen molar-refractivity contribution in [1.82, 2.24) is 5.06 Å². The number of halogens is 6. The Balaban J connectivity index is 1.76. The van der Waals surface area contributed by atoms with Crippen LogP contribution in [0.1, 0.15) is 10.6 Å². The molecule has 4 atom stereocenters. The van der Waals surface area contributed by atoms with Gasteiger partial charge in [0.15, 0.2) is 4.33 Å². The van der Waals surface area contributed by atoms with E-state index in [9.17, 15) is 14.4 Å². The molecular weight excluding hydrogens is 475 g/mol. The van der Waals surface area contributed by atoms with Crippen molar-refractivity contribution in [2.45, 2.75) is 14.1 Å². The number of allylic oxidation sites excluding steroid dienone is 2. The normalized spacial score (nSPS) is 37.5. The number of furan rings is 1. The van der Waals surface area contributed by atoms with Gasteiger partial charge in [-0.1, -0.05) is 46.4 Å². The minimum absolute atomic E-state index is 0.218. The van der Waals surface area contributed by atoms with E-state index in [-0.39, 0.29) is 20.9 Å². The van der Waals surface area contributed by atoms with Crippen molar-refractivity contribution in [1.29, 1.82) is 0 Å². The molecule has 3 aliphatic rings. The van der Waals surface area contributed by atoms with Crippen molar-refractivity contribution in [2.75, 3.05) is 0 Å². The first-order valence-electron chi connectivity index (χ1n) is 6.96. The van der Waals surface area contributed by atoms with Crippen molar-refractivity contribution in [3.8, 4) is 0 Å². The molecule has 2 fully saturated rings. The van der Waals surface area contributed by atoms with Crippen LogP contribution in [0.3, 0.4) is 0 Å². The highest BCUT2D eigenvalue weighted by Crippen LogP contribution is 2.77. The van der Waals surface area contributed by atoms with Gasteiger partial charge >= 0.3 is 5.97 Å². The molecule has 0 spiro atoms. The van der Waals surface area contributed by atoms with Crippen LogP contribution in [-0.4, -0.2) is 36.9 Å². The van der Waals surface area contributed by atoms with Gasteiger partial charge in [-0.05, 0) is 12.1 Å². The topological polar surface area (TPSA) is 76.8 Å². The van der Waals surface area contributed by atoms with E-state index in [1.807, 2.05) is 0 Å². The van der Waals surface area contributed by atoms with Crippen molar-refractivity contribution in [2.24, 2.45) is 11.8 Å². The fourth-order valence-electron chi connectivity index (χ4n) is 3.58. The van der Waals surface area contributed by atoms with E-state index in [4.69, 9.17) is 78.9 Å². The molecule has 1 saturated carbocycles. The van der Waals surface area contributed by atoms with Crippen LogP contribution in [0.4, 0.5) is 0 Å². The summed E-state index contributed by atoms with van der Waals surface area (Å²) in [7, 11) is 0. The van der Waals surface area contributed by atoms with Gasteiger partial charge in [0.2, 0.25) is 5.76 Å². The van der Waals surface area contributed by atoms with E-state index < -0.39 is 43.7 Å². The van der Waals surface area contributed by atoms with Crippen LogP contribution < -0.4 is 0 Å². The Morgan fingerprint density at radius 3 is 1.96 bits per heavy atom. The minimum Gasteiger partial charge on any atom is -0.457 e. The zero-order chi connectivity index (χ0) is 19.2. The number of amides is 2. The molecule has 1 aromatic heterocycles.